The van der Waals surface area contributed by atoms with Crippen LogP contribution in [0.3, 0.4) is 0 Å². The van der Waals surface area contributed by atoms with Crippen LogP contribution in [0.1, 0.15) is 28.2 Å². The molecule has 4 aromatic carbocycles. The van der Waals surface area contributed by atoms with Crippen molar-refractivity contribution in [1.82, 2.24) is 0 Å². The zero-order chi connectivity index (χ0) is 21.8. The Morgan fingerprint density at radius 3 is 1.48 bits per heavy atom. The molecule has 4 rings (SSSR count). The lowest BCUT2D eigenvalue weighted by Gasteiger charge is -2.24. The monoisotopic (exact) mass is 410 g/mol. The minimum atomic E-state index is -0.615. The molecule has 0 atom stereocenters. The predicted octanol–water partition coefficient (Wildman–Crippen LogP) is 5.88. The van der Waals surface area contributed by atoms with Crippen molar-refractivity contribution in [2.24, 2.45) is 0 Å². The van der Waals surface area contributed by atoms with Crippen molar-refractivity contribution in [2.75, 3.05) is 0 Å². The number of rotatable bonds is 5. The second-order valence-electron chi connectivity index (χ2n) is 7.23. The van der Waals surface area contributed by atoms with Gasteiger partial charge in [0, 0.05) is 28.2 Å². The Balaban J connectivity index is 2.06. The normalized spacial score (nSPS) is 11.6. The molecule has 154 valence electrons. The number of allylic oxidation sites excluding steroid dienone is 1. The Kier molecular flexibility index (Phi) is 5.63. The summed E-state index contributed by atoms with van der Waals surface area (Å²) in [6.45, 7) is 0. The maximum atomic E-state index is 10.7. The molecule has 0 bridgehead atoms. The summed E-state index contributed by atoms with van der Waals surface area (Å²) in [5, 5.41) is 42.5. The zero-order valence-corrected chi connectivity index (χ0v) is 16.7. The highest BCUT2D eigenvalue weighted by Crippen LogP contribution is 2.47. The van der Waals surface area contributed by atoms with E-state index in [9.17, 15) is 20.4 Å². The lowest BCUT2D eigenvalue weighted by Crippen LogP contribution is -2.06. The first kappa shape index (κ1) is 20.1. The van der Waals surface area contributed by atoms with Gasteiger partial charge in [-0.2, -0.15) is 0 Å². The van der Waals surface area contributed by atoms with Crippen LogP contribution in [0.15, 0.2) is 97.1 Å². The van der Waals surface area contributed by atoms with Crippen molar-refractivity contribution in [3.05, 3.63) is 119 Å². The van der Waals surface area contributed by atoms with E-state index in [2.05, 4.69) is 0 Å². The molecule has 4 N–H and O–H groups in total. The van der Waals surface area contributed by atoms with E-state index in [1.54, 1.807) is 84.9 Å². The van der Waals surface area contributed by atoms with E-state index in [1.807, 2.05) is 18.2 Å². The Labute approximate surface area is 180 Å². The molecule has 0 spiro atoms. The van der Waals surface area contributed by atoms with Gasteiger partial charge in [0.05, 0.1) is 0 Å². The van der Waals surface area contributed by atoms with E-state index < -0.39 is 5.92 Å². The topological polar surface area (TPSA) is 80.9 Å². The molecule has 0 fully saturated rings. The van der Waals surface area contributed by atoms with Gasteiger partial charge in [-0.25, -0.2) is 0 Å². The fraction of sp³-hybridized carbons (Fsp3) is 0.0370. The minimum absolute atomic E-state index is 0.0556. The fourth-order valence-corrected chi connectivity index (χ4v) is 3.78. The summed E-state index contributed by atoms with van der Waals surface area (Å²) in [6.07, 6.45) is 1.77. The second-order valence-corrected chi connectivity index (χ2v) is 7.23. The SMILES string of the molecule is Oc1ccccc1/C=C(/c1ccccc1O)C(c1ccccc1O)c1ccccc1O. The van der Waals surface area contributed by atoms with Gasteiger partial charge in [-0.15, -0.1) is 0 Å². The Bertz CT molecular complexity index is 1200. The van der Waals surface area contributed by atoms with E-state index in [1.165, 1.54) is 0 Å². The van der Waals surface area contributed by atoms with Crippen molar-refractivity contribution in [3.63, 3.8) is 0 Å². The third-order valence-electron chi connectivity index (χ3n) is 5.27. The Morgan fingerprint density at radius 2 is 0.968 bits per heavy atom. The van der Waals surface area contributed by atoms with Gasteiger partial charge in [0.1, 0.15) is 23.0 Å². The fourth-order valence-electron chi connectivity index (χ4n) is 3.78. The van der Waals surface area contributed by atoms with Gasteiger partial charge in [-0.3, -0.25) is 0 Å². The molecule has 0 aliphatic rings. The summed E-state index contributed by atoms with van der Waals surface area (Å²) in [6, 6.07) is 27.6. The average Bonchev–Trinajstić information content (AvgIpc) is 2.77. The summed E-state index contributed by atoms with van der Waals surface area (Å²) in [5.74, 6) is -0.345. The lowest BCUT2D eigenvalue weighted by molar-refractivity contribution is 0.459. The zero-order valence-electron chi connectivity index (χ0n) is 16.7. The summed E-state index contributed by atoms with van der Waals surface area (Å²) in [5.41, 5.74) is 2.82. The van der Waals surface area contributed by atoms with E-state index in [0.717, 1.165) is 0 Å². The van der Waals surface area contributed by atoms with E-state index >= 15 is 0 Å². The summed E-state index contributed by atoms with van der Waals surface area (Å²) >= 11 is 0. The highest BCUT2D eigenvalue weighted by molar-refractivity contribution is 5.91. The largest absolute Gasteiger partial charge is 0.508 e. The molecule has 4 nitrogen and oxygen atoms in total. The van der Waals surface area contributed by atoms with Gasteiger partial charge in [0.2, 0.25) is 0 Å². The lowest BCUT2D eigenvalue weighted by atomic mass is 9.79. The molecular formula is C27H22O4. The third-order valence-corrected chi connectivity index (χ3v) is 5.27. The molecule has 4 aromatic rings. The summed E-state index contributed by atoms with van der Waals surface area (Å²) in [4.78, 5) is 0. The summed E-state index contributed by atoms with van der Waals surface area (Å²) in [7, 11) is 0. The molecule has 0 aliphatic heterocycles. The van der Waals surface area contributed by atoms with Crippen LogP contribution in [-0.4, -0.2) is 20.4 Å². The molecule has 0 aliphatic carbocycles. The van der Waals surface area contributed by atoms with Crippen LogP contribution >= 0.6 is 0 Å². The Hall–Kier alpha value is -4.18. The first-order valence-electron chi connectivity index (χ1n) is 9.90. The van der Waals surface area contributed by atoms with Crippen molar-refractivity contribution in [3.8, 4) is 23.0 Å². The van der Waals surface area contributed by atoms with Gasteiger partial charge in [-0.1, -0.05) is 72.8 Å². The number of benzene rings is 4. The van der Waals surface area contributed by atoms with E-state index in [4.69, 9.17) is 0 Å². The van der Waals surface area contributed by atoms with Crippen LogP contribution in [0.25, 0.3) is 11.6 Å². The van der Waals surface area contributed by atoms with Crippen LogP contribution < -0.4 is 0 Å². The minimum Gasteiger partial charge on any atom is -0.508 e. The van der Waals surface area contributed by atoms with Crippen LogP contribution in [0, 0.1) is 0 Å². The van der Waals surface area contributed by atoms with Gasteiger partial charge in [0.15, 0.2) is 0 Å². The number of phenols is 4. The van der Waals surface area contributed by atoms with Gasteiger partial charge < -0.3 is 20.4 Å². The number of para-hydroxylation sites is 4. The standard InChI is InChI=1S/C27H22O4/c28-23-13-5-1-9-18(23)17-22(19-10-2-6-14-24(19)29)27(20-11-3-7-15-25(20)30)21-12-4-8-16-26(21)31/h1-17,27-31H/b22-17-. The maximum Gasteiger partial charge on any atom is 0.123 e. The highest BCUT2D eigenvalue weighted by Gasteiger charge is 2.27. The molecule has 0 unspecified atom stereocenters. The third kappa shape index (κ3) is 4.09. The van der Waals surface area contributed by atoms with Gasteiger partial charge >= 0.3 is 0 Å². The maximum absolute atomic E-state index is 10.7. The van der Waals surface area contributed by atoms with E-state index in [-0.39, 0.29) is 23.0 Å². The number of phenolic OH excluding ortho intramolecular Hbond substituents is 4. The van der Waals surface area contributed by atoms with Gasteiger partial charge in [-0.05, 0) is 35.9 Å². The van der Waals surface area contributed by atoms with Crippen LogP contribution in [0.5, 0.6) is 23.0 Å². The second kappa shape index (κ2) is 8.67. The van der Waals surface area contributed by atoms with Crippen molar-refractivity contribution in [2.45, 2.75) is 5.92 Å². The first-order chi connectivity index (χ1) is 15.1. The number of hydrogen-bond acceptors (Lipinski definition) is 4. The average molecular weight is 410 g/mol. The number of hydrogen-bond donors (Lipinski definition) is 4. The molecule has 0 heterocycles. The molecule has 0 radical (unpaired) electrons. The van der Waals surface area contributed by atoms with Crippen molar-refractivity contribution in [1.29, 1.82) is 0 Å². The highest BCUT2D eigenvalue weighted by atomic mass is 16.3. The molecular weight excluding hydrogens is 388 g/mol. The number of aromatic hydroxyl groups is 4. The Morgan fingerprint density at radius 1 is 0.516 bits per heavy atom. The molecule has 0 aromatic heterocycles. The predicted molar refractivity (Wildman–Crippen MR) is 122 cm³/mol. The van der Waals surface area contributed by atoms with Crippen molar-refractivity contribution >= 4 is 11.6 Å². The van der Waals surface area contributed by atoms with Crippen LogP contribution in [-0.2, 0) is 0 Å². The first-order valence-corrected chi connectivity index (χ1v) is 9.90. The molecule has 4 heteroatoms. The van der Waals surface area contributed by atoms with Crippen molar-refractivity contribution < 1.29 is 20.4 Å². The van der Waals surface area contributed by atoms with Crippen LogP contribution in [0.4, 0.5) is 0 Å². The smallest absolute Gasteiger partial charge is 0.123 e. The molecule has 0 saturated heterocycles. The molecule has 0 saturated carbocycles. The van der Waals surface area contributed by atoms with E-state index in [0.29, 0.717) is 27.8 Å². The molecule has 31 heavy (non-hydrogen) atoms. The quantitative estimate of drug-likeness (QED) is 0.310. The summed E-state index contributed by atoms with van der Waals surface area (Å²) < 4.78 is 0. The van der Waals surface area contributed by atoms with Crippen LogP contribution in [0.2, 0.25) is 0 Å². The molecule has 0 amide bonds. The van der Waals surface area contributed by atoms with Gasteiger partial charge in [0.25, 0.3) is 0 Å².